The zero-order chi connectivity index (χ0) is 11.7. The van der Waals surface area contributed by atoms with Crippen LogP contribution in [0.1, 0.15) is 46.5 Å². The van der Waals surface area contributed by atoms with E-state index in [0.717, 1.165) is 0 Å². The topological polar surface area (TPSA) is 9.23 Å². The van der Waals surface area contributed by atoms with E-state index in [1.54, 1.807) is 0 Å². The van der Waals surface area contributed by atoms with Crippen LogP contribution in [-0.2, 0) is 4.74 Å². The predicted octanol–water partition coefficient (Wildman–Crippen LogP) is 4.75. The van der Waals surface area contributed by atoms with Gasteiger partial charge in [-0.15, -0.1) is 0 Å². The van der Waals surface area contributed by atoms with Gasteiger partial charge in [-0.1, -0.05) is 0 Å². The number of hydrogen-bond acceptors (Lipinski definition) is 1. The first-order valence-corrected chi connectivity index (χ1v) is 13.9. The number of rotatable bonds is 9. The van der Waals surface area contributed by atoms with Gasteiger partial charge in [-0.2, -0.15) is 0 Å². The van der Waals surface area contributed by atoms with Crippen molar-refractivity contribution < 1.29 is 4.74 Å². The van der Waals surface area contributed by atoms with Crippen LogP contribution in [0.25, 0.3) is 0 Å². The normalized spacial score (nSPS) is 11.5. The standard InChI is InChI=1S/C4H9.C3H5O.2C3H7.Sn/c2*1-3-4-2;2*1-3-2;/h1,3-4H2,2H3;1H2,2H3;2*1,3H2,2H3;. The van der Waals surface area contributed by atoms with Gasteiger partial charge in [0.25, 0.3) is 0 Å². The molecule has 0 aromatic rings. The van der Waals surface area contributed by atoms with Crippen molar-refractivity contribution in [1.29, 1.82) is 0 Å². The second kappa shape index (κ2) is 8.49. The van der Waals surface area contributed by atoms with Gasteiger partial charge >= 0.3 is 100 Å². The summed E-state index contributed by atoms with van der Waals surface area (Å²) in [5.41, 5.74) is 0. The molecule has 0 aromatic carbocycles. The zero-order valence-corrected chi connectivity index (χ0v) is 13.9. The summed E-state index contributed by atoms with van der Waals surface area (Å²) in [5.74, 6) is 0. The van der Waals surface area contributed by atoms with Crippen LogP contribution in [0.4, 0.5) is 0 Å². The molecule has 15 heavy (non-hydrogen) atoms. The molecule has 0 aliphatic heterocycles. The molecule has 0 radical (unpaired) electrons. The number of hydrogen-bond donors (Lipinski definition) is 0. The quantitative estimate of drug-likeness (QED) is 0.440. The first-order valence-electron chi connectivity index (χ1n) is 6.40. The summed E-state index contributed by atoms with van der Waals surface area (Å²) < 4.78 is 11.0. The Hall–Kier alpha value is 0.339. The maximum absolute atomic E-state index is 5.52. The third-order valence-electron chi connectivity index (χ3n) is 3.30. The van der Waals surface area contributed by atoms with Gasteiger partial charge in [0.2, 0.25) is 0 Å². The van der Waals surface area contributed by atoms with Gasteiger partial charge < -0.3 is 0 Å². The third-order valence-corrected chi connectivity index (χ3v) is 19.3. The molecule has 0 bridgehead atoms. The van der Waals surface area contributed by atoms with Crippen molar-refractivity contribution in [3.05, 3.63) is 10.4 Å². The van der Waals surface area contributed by atoms with E-state index in [1.807, 2.05) is 7.11 Å². The Morgan fingerprint density at radius 3 is 1.87 bits per heavy atom. The molecule has 0 rings (SSSR count). The summed E-state index contributed by atoms with van der Waals surface area (Å²) in [6.45, 7) is 11.1. The molecule has 90 valence electrons. The second-order valence-corrected chi connectivity index (χ2v) is 17.7. The van der Waals surface area contributed by atoms with Crippen molar-refractivity contribution >= 4 is 18.4 Å². The Balaban J connectivity index is 4.62. The molecule has 0 aromatic heterocycles. The van der Waals surface area contributed by atoms with Crippen LogP contribution < -0.4 is 0 Å². The van der Waals surface area contributed by atoms with E-state index in [4.69, 9.17) is 4.74 Å². The van der Waals surface area contributed by atoms with Gasteiger partial charge in [-0.25, -0.2) is 0 Å². The summed E-state index contributed by atoms with van der Waals surface area (Å²) in [6.07, 6.45) is 5.30. The van der Waals surface area contributed by atoms with Crippen LogP contribution in [0.5, 0.6) is 0 Å². The Labute approximate surface area is 100 Å². The van der Waals surface area contributed by atoms with Crippen molar-refractivity contribution in [3.8, 4) is 0 Å². The van der Waals surface area contributed by atoms with Gasteiger partial charge in [0.15, 0.2) is 0 Å². The molecule has 0 heterocycles. The third kappa shape index (κ3) is 4.79. The van der Waals surface area contributed by atoms with E-state index in [-0.39, 0.29) is 0 Å². The zero-order valence-electron chi connectivity index (χ0n) is 11.1. The molecular weight excluding hydrogens is 291 g/mol. The van der Waals surface area contributed by atoms with Crippen LogP contribution in [-0.4, -0.2) is 25.5 Å². The molecule has 0 saturated carbocycles. The average Bonchev–Trinajstić information content (AvgIpc) is 2.25. The summed E-state index contributed by atoms with van der Waals surface area (Å²) in [6, 6.07) is 0. The first-order chi connectivity index (χ1) is 7.16. The summed E-state index contributed by atoms with van der Waals surface area (Å²) in [5, 5.41) is 0. The van der Waals surface area contributed by atoms with Crippen LogP contribution in [0.3, 0.4) is 0 Å². The van der Waals surface area contributed by atoms with Crippen LogP contribution in [0.15, 0.2) is 10.4 Å². The molecule has 0 fully saturated rings. The minimum absolute atomic E-state index is 1.21. The monoisotopic (exact) mass is 320 g/mol. The minimum atomic E-state index is -2.15. The fraction of sp³-hybridized carbons (Fsp3) is 0.846. The average molecular weight is 319 g/mol. The summed E-state index contributed by atoms with van der Waals surface area (Å²) in [4.78, 5) is 0. The first kappa shape index (κ1) is 15.3. The van der Waals surface area contributed by atoms with Gasteiger partial charge in [-0.3, -0.25) is 0 Å². The van der Waals surface area contributed by atoms with E-state index in [9.17, 15) is 0 Å². The molecule has 0 atom stereocenters. The Kier molecular flexibility index (Phi) is 8.68. The molecule has 0 spiro atoms. The van der Waals surface area contributed by atoms with E-state index in [1.165, 1.54) is 42.8 Å². The molecule has 0 saturated heterocycles. The van der Waals surface area contributed by atoms with Gasteiger partial charge in [0.1, 0.15) is 0 Å². The van der Waals surface area contributed by atoms with E-state index >= 15 is 0 Å². The summed E-state index contributed by atoms with van der Waals surface area (Å²) in [7, 11) is 1.81. The Bertz CT molecular complexity index is 171. The number of methoxy groups -OCH3 is 1. The van der Waals surface area contributed by atoms with Crippen molar-refractivity contribution in [2.45, 2.75) is 59.8 Å². The molecule has 0 N–H and O–H groups in total. The maximum atomic E-state index is 5.52. The van der Waals surface area contributed by atoms with Gasteiger partial charge in [0, 0.05) is 0 Å². The second-order valence-electron chi connectivity index (χ2n) is 4.51. The van der Waals surface area contributed by atoms with Gasteiger partial charge in [-0.05, 0) is 0 Å². The van der Waals surface area contributed by atoms with Crippen molar-refractivity contribution in [2.24, 2.45) is 0 Å². The number of ether oxygens (including phenoxy) is 1. The van der Waals surface area contributed by atoms with E-state index in [0.29, 0.717) is 0 Å². The van der Waals surface area contributed by atoms with Crippen molar-refractivity contribution in [1.82, 2.24) is 0 Å². The van der Waals surface area contributed by atoms with Crippen molar-refractivity contribution in [2.75, 3.05) is 7.11 Å². The molecule has 1 nitrogen and oxygen atoms in total. The molecule has 0 aliphatic rings. The van der Waals surface area contributed by atoms with Crippen LogP contribution >= 0.6 is 0 Å². The summed E-state index contributed by atoms with van der Waals surface area (Å²) >= 11 is -2.15. The Morgan fingerprint density at radius 2 is 1.53 bits per heavy atom. The molecular formula is C13H28OSn. The molecule has 2 heteroatoms. The van der Waals surface area contributed by atoms with Crippen molar-refractivity contribution in [3.63, 3.8) is 0 Å². The van der Waals surface area contributed by atoms with Crippen LogP contribution in [0, 0.1) is 0 Å². The molecule has 0 aliphatic carbocycles. The SMILES string of the molecule is C=[C](OC)[Sn]([CH2]CC)([CH2]CC)[CH2]CCC. The fourth-order valence-corrected chi connectivity index (χ4v) is 16.7. The van der Waals surface area contributed by atoms with E-state index < -0.39 is 18.4 Å². The van der Waals surface area contributed by atoms with Crippen LogP contribution in [0.2, 0.25) is 13.3 Å². The number of unbranched alkanes of at least 4 members (excludes halogenated alkanes) is 1. The molecule has 0 amide bonds. The fourth-order valence-electron chi connectivity index (χ4n) is 2.48. The van der Waals surface area contributed by atoms with E-state index in [2.05, 4.69) is 27.4 Å². The van der Waals surface area contributed by atoms with Gasteiger partial charge in [0.05, 0.1) is 0 Å². The predicted molar refractivity (Wildman–Crippen MR) is 71.8 cm³/mol. The Morgan fingerprint density at radius 1 is 1.00 bits per heavy atom. The molecule has 0 unspecified atom stereocenters.